The molecule has 2 saturated carbocycles. The summed E-state index contributed by atoms with van der Waals surface area (Å²) in [7, 11) is -1.09. The Labute approximate surface area is 127 Å². The maximum absolute atomic E-state index is 11.5. The zero-order chi connectivity index (χ0) is 14.9. The van der Waals surface area contributed by atoms with Crippen molar-refractivity contribution in [2.75, 3.05) is 25.1 Å². The Morgan fingerprint density at radius 2 is 2.10 bits per heavy atom. The largest absolute Gasteiger partial charge is 0.356 e. The van der Waals surface area contributed by atoms with Crippen LogP contribution in [0.1, 0.15) is 38.5 Å². The first-order chi connectivity index (χ1) is 10.1. The zero-order valence-corrected chi connectivity index (χ0v) is 13.7. The smallest absolute Gasteiger partial charge is 0.191 e. The summed E-state index contributed by atoms with van der Waals surface area (Å²) in [5.41, 5.74) is 0. The summed E-state index contributed by atoms with van der Waals surface area (Å²) in [4.78, 5) is 4.21. The lowest BCUT2D eigenvalue weighted by Gasteiger charge is -2.22. The maximum atomic E-state index is 11.5. The Morgan fingerprint density at radius 1 is 1.24 bits per heavy atom. The molecule has 0 aromatic heterocycles. The van der Waals surface area contributed by atoms with Crippen molar-refractivity contribution in [2.24, 2.45) is 22.7 Å². The van der Waals surface area contributed by atoms with E-state index in [0.29, 0.717) is 12.2 Å². The molecule has 6 heteroatoms. The molecular weight excluding hydrogens is 286 g/mol. The van der Waals surface area contributed by atoms with Crippen molar-refractivity contribution in [2.45, 2.75) is 44.6 Å². The molecule has 21 heavy (non-hydrogen) atoms. The van der Waals surface area contributed by atoms with E-state index < -0.39 is 9.84 Å². The highest BCUT2D eigenvalue weighted by Crippen LogP contribution is 2.49. The van der Waals surface area contributed by atoms with Crippen LogP contribution in [0.3, 0.4) is 0 Å². The third-order valence-electron chi connectivity index (χ3n) is 5.49. The highest BCUT2D eigenvalue weighted by atomic mass is 32.2. The van der Waals surface area contributed by atoms with E-state index in [1.54, 1.807) is 7.05 Å². The topological polar surface area (TPSA) is 70.6 Å². The summed E-state index contributed by atoms with van der Waals surface area (Å²) < 4.78 is 22.9. The van der Waals surface area contributed by atoms with Crippen LogP contribution in [-0.4, -0.2) is 45.5 Å². The fraction of sp³-hybridized carbons (Fsp3) is 0.933. The van der Waals surface area contributed by atoms with Crippen LogP contribution in [-0.2, 0) is 9.84 Å². The van der Waals surface area contributed by atoms with Gasteiger partial charge in [0, 0.05) is 19.6 Å². The molecule has 5 nitrogen and oxygen atoms in total. The minimum atomic E-state index is -2.83. The Morgan fingerprint density at radius 3 is 2.67 bits per heavy atom. The first kappa shape index (κ1) is 15.1. The second kappa shape index (κ2) is 6.15. The van der Waals surface area contributed by atoms with Crippen molar-refractivity contribution >= 4 is 15.8 Å². The minimum absolute atomic E-state index is 0.0173. The first-order valence-electron chi connectivity index (χ1n) is 8.23. The van der Waals surface area contributed by atoms with Crippen molar-refractivity contribution in [1.82, 2.24) is 10.6 Å². The van der Waals surface area contributed by atoms with Gasteiger partial charge in [-0.15, -0.1) is 0 Å². The van der Waals surface area contributed by atoms with E-state index in [0.717, 1.165) is 30.3 Å². The van der Waals surface area contributed by atoms with E-state index in [4.69, 9.17) is 0 Å². The number of sulfone groups is 1. The predicted molar refractivity (Wildman–Crippen MR) is 85.1 cm³/mol. The third kappa shape index (κ3) is 3.71. The number of hydrogen-bond donors (Lipinski definition) is 2. The van der Waals surface area contributed by atoms with Gasteiger partial charge in [0.15, 0.2) is 15.8 Å². The molecule has 4 atom stereocenters. The second-order valence-electron chi connectivity index (χ2n) is 6.97. The van der Waals surface area contributed by atoms with Gasteiger partial charge in [0.25, 0.3) is 0 Å². The van der Waals surface area contributed by atoms with Crippen molar-refractivity contribution in [3.63, 3.8) is 0 Å². The van der Waals surface area contributed by atoms with Gasteiger partial charge in [-0.05, 0) is 49.9 Å². The Hall–Kier alpha value is -0.780. The molecule has 0 aromatic carbocycles. The number of fused-ring (bicyclic) bond motifs is 2. The molecule has 1 heterocycles. The van der Waals surface area contributed by atoms with Crippen LogP contribution in [0.2, 0.25) is 0 Å². The number of aliphatic imine (C=N–C) groups is 1. The molecule has 120 valence electrons. The van der Waals surface area contributed by atoms with E-state index >= 15 is 0 Å². The molecule has 2 bridgehead atoms. The number of hydrogen-bond acceptors (Lipinski definition) is 3. The summed E-state index contributed by atoms with van der Waals surface area (Å²) in [6, 6.07) is 0.0173. The molecule has 1 aliphatic heterocycles. The van der Waals surface area contributed by atoms with E-state index in [9.17, 15) is 8.42 Å². The lowest BCUT2D eigenvalue weighted by Crippen LogP contribution is -2.44. The minimum Gasteiger partial charge on any atom is -0.356 e. The highest BCUT2D eigenvalue weighted by Gasteiger charge is 2.38. The summed E-state index contributed by atoms with van der Waals surface area (Å²) in [6.07, 6.45) is 7.66. The summed E-state index contributed by atoms with van der Waals surface area (Å²) in [5, 5.41) is 6.59. The van der Waals surface area contributed by atoms with Gasteiger partial charge in [0.2, 0.25) is 0 Å². The molecule has 4 unspecified atom stereocenters. The Balaban J connectivity index is 1.39. The predicted octanol–water partition coefficient (Wildman–Crippen LogP) is 1.16. The molecule has 2 aliphatic carbocycles. The summed E-state index contributed by atoms with van der Waals surface area (Å²) in [6.45, 7) is 0.938. The molecule has 0 radical (unpaired) electrons. The van der Waals surface area contributed by atoms with Crippen molar-refractivity contribution < 1.29 is 8.42 Å². The Bertz CT molecular complexity index is 503. The van der Waals surface area contributed by atoms with E-state index in [2.05, 4.69) is 15.6 Å². The van der Waals surface area contributed by atoms with Gasteiger partial charge in [-0.2, -0.15) is 0 Å². The molecule has 0 aromatic rings. The number of nitrogens with zero attached hydrogens (tertiary/aromatic N) is 1. The molecule has 0 spiro atoms. The van der Waals surface area contributed by atoms with Crippen LogP contribution in [0.4, 0.5) is 0 Å². The van der Waals surface area contributed by atoms with Gasteiger partial charge >= 0.3 is 0 Å². The van der Waals surface area contributed by atoms with Crippen LogP contribution < -0.4 is 10.6 Å². The molecule has 2 N–H and O–H groups in total. The number of guanidine groups is 1. The van der Waals surface area contributed by atoms with Crippen molar-refractivity contribution in [3.8, 4) is 0 Å². The van der Waals surface area contributed by atoms with Gasteiger partial charge in [-0.3, -0.25) is 4.99 Å². The summed E-state index contributed by atoms with van der Waals surface area (Å²) in [5.74, 6) is 4.14. The monoisotopic (exact) mass is 313 g/mol. The number of nitrogens with one attached hydrogen (secondary N) is 2. The molecule has 3 aliphatic rings. The molecule has 3 fully saturated rings. The SMILES string of the molecule is CN=C(NCCC1CC2CCC1C2)NC1CCS(=O)(=O)C1. The van der Waals surface area contributed by atoms with E-state index in [1.165, 1.54) is 32.1 Å². The summed E-state index contributed by atoms with van der Waals surface area (Å²) >= 11 is 0. The zero-order valence-electron chi connectivity index (χ0n) is 12.8. The molecule has 0 amide bonds. The third-order valence-corrected chi connectivity index (χ3v) is 7.26. The van der Waals surface area contributed by atoms with Crippen LogP contribution in [0, 0.1) is 17.8 Å². The average Bonchev–Trinajstić information content (AvgIpc) is 3.13. The van der Waals surface area contributed by atoms with Gasteiger partial charge in [0.1, 0.15) is 0 Å². The normalized spacial score (nSPS) is 37.9. The van der Waals surface area contributed by atoms with Crippen molar-refractivity contribution in [1.29, 1.82) is 0 Å². The molecule has 1 saturated heterocycles. The molecule has 3 rings (SSSR count). The van der Waals surface area contributed by atoms with Crippen LogP contribution in [0.5, 0.6) is 0 Å². The van der Waals surface area contributed by atoms with Gasteiger partial charge in [-0.1, -0.05) is 6.42 Å². The van der Waals surface area contributed by atoms with Crippen LogP contribution in [0.15, 0.2) is 4.99 Å². The Kier molecular flexibility index (Phi) is 4.43. The standard InChI is InChI=1S/C15H27N3O2S/c1-16-15(18-14-5-7-21(19,20)10-14)17-6-4-13-9-11-2-3-12(13)8-11/h11-14H,2-10H2,1H3,(H2,16,17,18). The quantitative estimate of drug-likeness (QED) is 0.604. The second-order valence-corrected chi connectivity index (χ2v) is 9.20. The maximum Gasteiger partial charge on any atom is 0.191 e. The number of rotatable bonds is 4. The lowest BCUT2D eigenvalue weighted by molar-refractivity contribution is 0.315. The van der Waals surface area contributed by atoms with Crippen LogP contribution in [0.25, 0.3) is 0 Å². The van der Waals surface area contributed by atoms with Gasteiger partial charge < -0.3 is 10.6 Å². The average molecular weight is 313 g/mol. The van der Waals surface area contributed by atoms with E-state index in [1.807, 2.05) is 0 Å². The van der Waals surface area contributed by atoms with Crippen LogP contribution >= 0.6 is 0 Å². The van der Waals surface area contributed by atoms with Gasteiger partial charge in [0.05, 0.1) is 11.5 Å². The fourth-order valence-electron chi connectivity index (χ4n) is 4.40. The molecular formula is C15H27N3O2S. The first-order valence-corrected chi connectivity index (χ1v) is 10.1. The van der Waals surface area contributed by atoms with E-state index in [-0.39, 0.29) is 11.8 Å². The lowest BCUT2D eigenvalue weighted by atomic mass is 9.86. The van der Waals surface area contributed by atoms with Crippen molar-refractivity contribution in [3.05, 3.63) is 0 Å². The fourth-order valence-corrected chi connectivity index (χ4v) is 6.08. The van der Waals surface area contributed by atoms with Gasteiger partial charge in [-0.25, -0.2) is 8.42 Å². The highest BCUT2D eigenvalue weighted by molar-refractivity contribution is 7.91.